The summed E-state index contributed by atoms with van der Waals surface area (Å²) in [6.07, 6.45) is 2.61. The number of nitrogens with one attached hydrogen (secondary N) is 1. The third-order valence-corrected chi connectivity index (χ3v) is 4.83. The van der Waals surface area contributed by atoms with Gasteiger partial charge in [-0.25, -0.2) is 4.98 Å². The summed E-state index contributed by atoms with van der Waals surface area (Å²) in [5.74, 6) is 1.57. The Morgan fingerprint density at radius 2 is 1.86 bits per heavy atom. The summed E-state index contributed by atoms with van der Waals surface area (Å²) in [5.41, 5.74) is 2.14. The molecule has 1 aromatic carbocycles. The second-order valence-corrected chi connectivity index (χ2v) is 6.37. The molecule has 2 aromatic rings. The molecule has 0 atom stereocenters. The largest absolute Gasteiger partial charge is 0.497 e. The van der Waals surface area contributed by atoms with Crippen molar-refractivity contribution < 1.29 is 9.47 Å². The van der Waals surface area contributed by atoms with Gasteiger partial charge in [0.25, 0.3) is 0 Å². The molecule has 3 rings (SSSR count). The molecule has 1 N–H and O–H groups in total. The molecule has 1 fully saturated rings. The van der Waals surface area contributed by atoms with E-state index in [2.05, 4.69) is 12.2 Å². The molecular weight excluding hydrogens is 284 g/mol. The van der Waals surface area contributed by atoms with Crippen molar-refractivity contribution in [1.82, 2.24) is 10.3 Å². The Balaban J connectivity index is 1.86. The first kappa shape index (κ1) is 14.4. The molecule has 112 valence electrons. The smallest absolute Gasteiger partial charge is 0.124 e. The van der Waals surface area contributed by atoms with Gasteiger partial charge in [-0.15, -0.1) is 11.3 Å². The monoisotopic (exact) mass is 304 g/mol. The molecule has 1 aliphatic carbocycles. The fourth-order valence-electron chi connectivity index (χ4n) is 2.17. The SMILES string of the molecule is COc1cc(OC)cc(-c2nc(C)c(CNC3CC3)s2)c1. The summed E-state index contributed by atoms with van der Waals surface area (Å²) in [6, 6.07) is 6.59. The Labute approximate surface area is 129 Å². The molecule has 1 aliphatic rings. The molecule has 0 unspecified atom stereocenters. The predicted molar refractivity (Wildman–Crippen MR) is 85.3 cm³/mol. The highest BCUT2D eigenvalue weighted by Crippen LogP contribution is 2.33. The molecule has 0 saturated heterocycles. The number of methoxy groups -OCH3 is 2. The molecule has 0 bridgehead atoms. The fourth-order valence-corrected chi connectivity index (χ4v) is 3.17. The Bertz CT molecular complexity index is 613. The van der Waals surface area contributed by atoms with Crippen LogP contribution >= 0.6 is 11.3 Å². The maximum Gasteiger partial charge on any atom is 0.124 e. The zero-order valence-electron chi connectivity index (χ0n) is 12.6. The van der Waals surface area contributed by atoms with E-state index in [1.807, 2.05) is 18.2 Å². The standard InChI is InChI=1S/C16H20N2O2S/c1-10-15(9-17-12-4-5-12)21-16(18-10)11-6-13(19-2)8-14(7-11)20-3/h6-8,12,17H,4-5,9H2,1-3H3. The Morgan fingerprint density at radius 3 is 2.43 bits per heavy atom. The lowest BCUT2D eigenvalue weighted by molar-refractivity contribution is 0.394. The summed E-state index contributed by atoms with van der Waals surface area (Å²) < 4.78 is 10.7. The van der Waals surface area contributed by atoms with Crippen molar-refractivity contribution in [2.45, 2.75) is 32.4 Å². The van der Waals surface area contributed by atoms with E-state index in [1.54, 1.807) is 25.6 Å². The third-order valence-electron chi connectivity index (χ3n) is 3.62. The summed E-state index contributed by atoms with van der Waals surface area (Å²) in [6.45, 7) is 2.98. The van der Waals surface area contributed by atoms with Crippen LogP contribution in [0.5, 0.6) is 11.5 Å². The minimum Gasteiger partial charge on any atom is -0.497 e. The number of rotatable bonds is 6. The van der Waals surface area contributed by atoms with Crippen molar-refractivity contribution in [3.8, 4) is 22.1 Å². The molecule has 1 saturated carbocycles. The summed E-state index contributed by atoms with van der Waals surface area (Å²) in [4.78, 5) is 6.00. The van der Waals surface area contributed by atoms with Gasteiger partial charge in [0.1, 0.15) is 16.5 Å². The average molecular weight is 304 g/mol. The van der Waals surface area contributed by atoms with Gasteiger partial charge in [-0.2, -0.15) is 0 Å². The van der Waals surface area contributed by atoms with E-state index >= 15 is 0 Å². The quantitative estimate of drug-likeness (QED) is 0.888. The van der Waals surface area contributed by atoms with E-state index in [-0.39, 0.29) is 0 Å². The van der Waals surface area contributed by atoms with Crippen LogP contribution in [0.1, 0.15) is 23.4 Å². The fraction of sp³-hybridized carbons (Fsp3) is 0.438. The summed E-state index contributed by atoms with van der Waals surface area (Å²) >= 11 is 1.74. The van der Waals surface area contributed by atoms with Crippen molar-refractivity contribution in [3.63, 3.8) is 0 Å². The number of hydrogen-bond donors (Lipinski definition) is 1. The number of thiazole rings is 1. The lowest BCUT2D eigenvalue weighted by atomic mass is 10.2. The zero-order valence-corrected chi connectivity index (χ0v) is 13.4. The molecular formula is C16H20N2O2S. The molecule has 21 heavy (non-hydrogen) atoms. The number of hydrogen-bond acceptors (Lipinski definition) is 5. The molecule has 0 radical (unpaired) electrons. The van der Waals surface area contributed by atoms with Gasteiger partial charge in [-0.3, -0.25) is 0 Å². The third kappa shape index (κ3) is 3.36. The van der Waals surface area contributed by atoms with Gasteiger partial charge in [0.15, 0.2) is 0 Å². The van der Waals surface area contributed by atoms with Crippen LogP contribution in [-0.2, 0) is 6.54 Å². The first-order chi connectivity index (χ1) is 10.2. The second kappa shape index (κ2) is 6.03. The van der Waals surface area contributed by atoms with Crippen molar-refractivity contribution in [2.75, 3.05) is 14.2 Å². The van der Waals surface area contributed by atoms with Crippen LogP contribution in [0, 0.1) is 6.92 Å². The van der Waals surface area contributed by atoms with Crippen LogP contribution in [0.25, 0.3) is 10.6 Å². The first-order valence-electron chi connectivity index (χ1n) is 7.12. The number of ether oxygens (including phenoxy) is 2. The number of aryl methyl sites for hydroxylation is 1. The lowest BCUT2D eigenvalue weighted by Crippen LogP contribution is -2.14. The molecule has 1 heterocycles. The highest BCUT2D eigenvalue weighted by Gasteiger charge is 2.21. The zero-order chi connectivity index (χ0) is 14.8. The minimum atomic E-state index is 0.715. The lowest BCUT2D eigenvalue weighted by Gasteiger charge is -2.06. The summed E-state index contributed by atoms with van der Waals surface area (Å²) in [7, 11) is 3.33. The van der Waals surface area contributed by atoms with Gasteiger partial charge >= 0.3 is 0 Å². The van der Waals surface area contributed by atoms with Crippen molar-refractivity contribution in [2.24, 2.45) is 0 Å². The van der Waals surface area contributed by atoms with Gasteiger partial charge in [-0.05, 0) is 31.9 Å². The average Bonchev–Trinajstić information content (AvgIpc) is 3.27. The molecule has 5 heteroatoms. The maximum absolute atomic E-state index is 5.33. The Hall–Kier alpha value is -1.59. The van der Waals surface area contributed by atoms with Crippen LogP contribution in [0.2, 0.25) is 0 Å². The molecule has 0 aliphatic heterocycles. The molecule has 0 spiro atoms. The number of aromatic nitrogens is 1. The van der Waals surface area contributed by atoms with Crippen LogP contribution < -0.4 is 14.8 Å². The van der Waals surface area contributed by atoms with Gasteiger partial charge in [0.2, 0.25) is 0 Å². The van der Waals surface area contributed by atoms with Crippen molar-refractivity contribution in [1.29, 1.82) is 0 Å². The minimum absolute atomic E-state index is 0.715. The Morgan fingerprint density at radius 1 is 1.19 bits per heavy atom. The summed E-state index contributed by atoms with van der Waals surface area (Å²) in [5, 5.41) is 4.56. The molecule has 1 aromatic heterocycles. The van der Waals surface area contributed by atoms with E-state index in [1.165, 1.54) is 17.7 Å². The number of benzene rings is 1. The first-order valence-corrected chi connectivity index (χ1v) is 7.94. The van der Waals surface area contributed by atoms with Crippen molar-refractivity contribution in [3.05, 3.63) is 28.8 Å². The highest BCUT2D eigenvalue weighted by molar-refractivity contribution is 7.15. The second-order valence-electron chi connectivity index (χ2n) is 5.28. The van der Waals surface area contributed by atoms with E-state index in [4.69, 9.17) is 14.5 Å². The van der Waals surface area contributed by atoms with Gasteiger partial charge in [-0.1, -0.05) is 0 Å². The van der Waals surface area contributed by atoms with Crippen LogP contribution in [-0.4, -0.2) is 25.2 Å². The van der Waals surface area contributed by atoms with E-state index in [0.29, 0.717) is 6.04 Å². The van der Waals surface area contributed by atoms with E-state index in [0.717, 1.165) is 34.3 Å². The van der Waals surface area contributed by atoms with Crippen LogP contribution in [0.3, 0.4) is 0 Å². The van der Waals surface area contributed by atoms with Crippen LogP contribution in [0.4, 0.5) is 0 Å². The van der Waals surface area contributed by atoms with Crippen molar-refractivity contribution >= 4 is 11.3 Å². The van der Waals surface area contributed by atoms with E-state index in [9.17, 15) is 0 Å². The maximum atomic E-state index is 5.33. The molecule has 4 nitrogen and oxygen atoms in total. The topological polar surface area (TPSA) is 43.4 Å². The van der Waals surface area contributed by atoms with Crippen LogP contribution in [0.15, 0.2) is 18.2 Å². The highest BCUT2D eigenvalue weighted by atomic mass is 32.1. The molecule has 0 amide bonds. The van der Waals surface area contributed by atoms with E-state index < -0.39 is 0 Å². The predicted octanol–water partition coefficient (Wildman–Crippen LogP) is 3.39. The Kier molecular flexibility index (Phi) is 4.12. The normalized spacial score (nSPS) is 14.2. The van der Waals surface area contributed by atoms with Gasteiger partial charge < -0.3 is 14.8 Å². The van der Waals surface area contributed by atoms with Gasteiger partial charge in [0, 0.05) is 29.1 Å². The van der Waals surface area contributed by atoms with Gasteiger partial charge in [0.05, 0.1) is 19.9 Å². The number of nitrogens with zero attached hydrogens (tertiary/aromatic N) is 1.